The van der Waals surface area contributed by atoms with Gasteiger partial charge in [0.2, 0.25) is 0 Å². The third kappa shape index (κ3) is 9.41. The Kier molecular flexibility index (Phi) is 7.11. The van der Waals surface area contributed by atoms with Gasteiger partial charge in [-0.15, -0.1) is 0 Å². The smallest absolute Gasteiger partial charge is 0.129 e. The summed E-state index contributed by atoms with van der Waals surface area (Å²) in [6, 6.07) is 0. The van der Waals surface area contributed by atoms with Crippen LogP contribution >= 0.6 is 0 Å². The molecule has 64 valence electrons. The van der Waals surface area contributed by atoms with Crippen molar-refractivity contribution >= 4 is 5.78 Å². The van der Waals surface area contributed by atoms with Crippen molar-refractivity contribution in [1.29, 1.82) is 0 Å². The zero-order chi connectivity index (χ0) is 8.53. The van der Waals surface area contributed by atoms with Gasteiger partial charge in [0.25, 0.3) is 0 Å². The number of carbonyl (C=O) groups excluding carboxylic acids is 1. The van der Waals surface area contributed by atoms with Crippen LogP contribution in [0.5, 0.6) is 0 Å². The lowest BCUT2D eigenvalue weighted by atomic mass is 10.3. The molecule has 1 nitrogen and oxygen atoms in total. The largest absolute Gasteiger partial charge is 0.300 e. The number of rotatable bonds is 2. The number of hydrogen-bond donors (Lipinski definition) is 0. The molecule has 0 aromatic carbocycles. The van der Waals surface area contributed by atoms with Crippen molar-refractivity contribution in [2.75, 3.05) is 0 Å². The molecule has 0 radical (unpaired) electrons. The highest BCUT2D eigenvalue weighted by molar-refractivity contribution is 5.75. The Morgan fingerprint density at radius 3 is 2.00 bits per heavy atom. The van der Waals surface area contributed by atoms with Crippen molar-refractivity contribution in [3.05, 3.63) is 12.2 Å². The molecule has 0 atom stereocenters. The topological polar surface area (TPSA) is 17.1 Å². The molecule has 0 aromatic rings. The van der Waals surface area contributed by atoms with Gasteiger partial charge in [-0.05, 0) is 32.6 Å². The van der Waals surface area contributed by atoms with E-state index in [2.05, 4.69) is 12.2 Å². The van der Waals surface area contributed by atoms with E-state index in [1.165, 1.54) is 19.3 Å². The van der Waals surface area contributed by atoms with E-state index in [0.717, 1.165) is 12.8 Å². The van der Waals surface area contributed by atoms with E-state index >= 15 is 0 Å². The Morgan fingerprint density at radius 1 is 1.36 bits per heavy atom. The summed E-state index contributed by atoms with van der Waals surface area (Å²) in [7, 11) is 0. The maximum Gasteiger partial charge on any atom is 0.129 e. The molecule has 0 amide bonds. The summed E-state index contributed by atoms with van der Waals surface area (Å²) in [4.78, 5) is 10.0. The fourth-order valence-electron chi connectivity index (χ4n) is 0.941. The SMILES string of the molecule is C1=CCCC1.CCCC(C)=O. The highest BCUT2D eigenvalue weighted by Crippen LogP contribution is 2.05. The Hall–Kier alpha value is -0.590. The highest BCUT2D eigenvalue weighted by atomic mass is 16.1. The van der Waals surface area contributed by atoms with E-state index in [0.29, 0.717) is 0 Å². The van der Waals surface area contributed by atoms with Gasteiger partial charge >= 0.3 is 0 Å². The maximum atomic E-state index is 10.0. The molecule has 0 aliphatic heterocycles. The van der Waals surface area contributed by atoms with Crippen molar-refractivity contribution in [3.63, 3.8) is 0 Å². The minimum absolute atomic E-state index is 0.289. The van der Waals surface area contributed by atoms with E-state index < -0.39 is 0 Å². The highest BCUT2D eigenvalue weighted by Gasteiger charge is 1.85. The molecule has 1 rings (SSSR count). The molecule has 0 unspecified atom stereocenters. The molecule has 0 bridgehead atoms. The minimum Gasteiger partial charge on any atom is -0.300 e. The Labute approximate surface area is 69.5 Å². The predicted molar refractivity (Wildman–Crippen MR) is 48.6 cm³/mol. The van der Waals surface area contributed by atoms with Gasteiger partial charge in [-0.3, -0.25) is 0 Å². The lowest BCUT2D eigenvalue weighted by molar-refractivity contribution is -0.117. The Balaban J connectivity index is 0.000000183. The predicted octanol–water partition coefficient (Wildman–Crippen LogP) is 3.10. The van der Waals surface area contributed by atoms with Gasteiger partial charge in [0.05, 0.1) is 0 Å². The zero-order valence-corrected chi connectivity index (χ0v) is 7.60. The van der Waals surface area contributed by atoms with Crippen LogP contribution in [0.15, 0.2) is 12.2 Å². The molecule has 1 aliphatic rings. The molecule has 0 saturated carbocycles. The van der Waals surface area contributed by atoms with Crippen molar-refractivity contribution in [1.82, 2.24) is 0 Å². The van der Waals surface area contributed by atoms with Crippen LogP contribution in [0.2, 0.25) is 0 Å². The van der Waals surface area contributed by atoms with E-state index in [-0.39, 0.29) is 5.78 Å². The second-order valence-electron chi connectivity index (χ2n) is 2.85. The van der Waals surface area contributed by atoms with Crippen molar-refractivity contribution in [3.8, 4) is 0 Å². The second-order valence-corrected chi connectivity index (χ2v) is 2.85. The van der Waals surface area contributed by atoms with Gasteiger partial charge in [-0.2, -0.15) is 0 Å². The van der Waals surface area contributed by atoms with Gasteiger partial charge in [-0.1, -0.05) is 19.1 Å². The van der Waals surface area contributed by atoms with Crippen LogP contribution in [0.1, 0.15) is 46.0 Å². The Morgan fingerprint density at radius 2 is 1.91 bits per heavy atom. The fourth-order valence-corrected chi connectivity index (χ4v) is 0.941. The summed E-state index contributed by atoms with van der Waals surface area (Å²) in [6.45, 7) is 3.62. The third-order valence-electron chi connectivity index (χ3n) is 1.51. The molecule has 0 fully saturated rings. The quantitative estimate of drug-likeness (QED) is 0.558. The molecule has 1 aliphatic carbocycles. The molecule has 0 N–H and O–H groups in total. The first-order valence-electron chi connectivity index (χ1n) is 4.41. The van der Waals surface area contributed by atoms with Crippen LogP contribution in [0.25, 0.3) is 0 Å². The zero-order valence-electron chi connectivity index (χ0n) is 7.60. The molecule has 11 heavy (non-hydrogen) atoms. The lowest BCUT2D eigenvalue weighted by Crippen LogP contribution is -1.84. The van der Waals surface area contributed by atoms with Crippen LogP contribution in [0.3, 0.4) is 0 Å². The first-order valence-corrected chi connectivity index (χ1v) is 4.41. The summed E-state index contributed by atoms with van der Waals surface area (Å²) in [5.41, 5.74) is 0. The third-order valence-corrected chi connectivity index (χ3v) is 1.51. The standard InChI is InChI=1S/C5H10O.C5H8/c1-3-4-5(2)6;1-2-4-5-3-1/h3-4H2,1-2H3;1-2H,3-5H2. The number of ketones is 1. The summed E-state index contributed by atoms with van der Waals surface area (Å²) in [5.74, 6) is 0.289. The van der Waals surface area contributed by atoms with Crippen LogP contribution < -0.4 is 0 Å². The minimum atomic E-state index is 0.289. The van der Waals surface area contributed by atoms with Crippen molar-refractivity contribution in [2.45, 2.75) is 46.0 Å². The Bertz CT molecular complexity index is 119. The molecule has 0 spiro atoms. The number of hydrogen-bond acceptors (Lipinski definition) is 1. The van der Waals surface area contributed by atoms with Gasteiger partial charge in [0.15, 0.2) is 0 Å². The average molecular weight is 154 g/mol. The number of Topliss-reactive ketones (excluding diaryl/α,β-unsaturated/α-hetero) is 1. The van der Waals surface area contributed by atoms with Gasteiger partial charge in [0, 0.05) is 6.42 Å². The van der Waals surface area contributed by atoms with Gasteiger partial charge < -0.3 is 4.79 Å². The molecule has 0 aromatic heterocycles. The lowest BCUT2D eigenvalue weighted by Gasteiger charge is -1.80. The maximum absolute atomic E-state index is 10.0. The monoisotopic (exact) mass is 154 g/mol. The first-order chi connectivity index (χ1) is 5.27. The number of carbonyl (C=O) groups is 1. The second kappa shape index (κ2) is 7.52. The van der Waals surface area contributed by atoms with Crippen molar-refractivity contribution in [2.24, 2.45) is 0 Å². The molecule has 0 heterocycles. The average Bonchev–Trinajstić information content (AvgIpc) is 2.41. The van der Waals surface area contributed by atoms with Gasteiger partial charge in [0.1, 0.15) is 5.78 Å². The molecular weight excluding hydrogens is 136 g/mol. The van der Waals surface area contributed by atoms with Gasteiger partial charge in [-0.25, -0.2) is 0 Å². The van der Waals surface area contributed by atoms with Crippen LogP contribution in [-0.4, -0.2) is 5.78 Å². The van der Waals surface area contributed by atoms with E-state index in [1.807, 2.05) is 6.92 Å². The summed E-state index contributed by atoms with van der Waals surface area (Å²) < 4.78 is 0. The summed E-state index contributed by atoms with van der Waals surface area (Å²) >= 11 is 0. The van der Waals surface area contributed by atoms with Crippen LogP contribution in [-0.2, 0) is 4.79 Å². The summed E-state index contributed by atoms with van der Waals surface area (Å²) in [5, 5.41) is 0. The first kappa shape index (κ1) is 10.4. The van der Waals surface area contributed by atoms with Crippen molar-refractivity contribution < 1.29 is 4.79 Å². The fraction of sp³-hybridized carbons (Fsp3) is 0.700. The van der Waals surface area contributed by atoms with Crippen LogP contribution in [0.4, 0.5) is 0 Å². The summed E-state index contributed by atoms with van der Waals surface area (Å²) in [6.07, 6.45) is 10.2. The normalized spacial score (nSPS) is 14.0. The van der Waals surface area contributed by atoms with E-state index in [1.54, 1.807) is 6.92 Å². The van der Waals surface area contributed by atoms with E-state index in [4.69, 9.17) is 0 Å². The van der Waals surface area contributed by atoms with E-state index in [9.17, 15) is 4.79 Å². The molecular formula is C10H18O. The molecule has 1 heteroatoms. The number of allylic oxidation sites excluding steroid dienone is 2. The molecule has 0 saturated heterocycles. The van der Waals surface area contributed by atoms with Crippen LogP contribution in [0, 0.1) is 0 Å².